The third kappa shape index (κ3) is 7.46. The molecule has 4 heteroatoms. The minimum absolute atomic E-state index is 0.212. The van der Waals surface area contributed by atoms with Crippen LogP contribution in [0.3, 0.4) is 0 Å². The predicted molar refractivity (Wildman–Crippen MR) is 47.2 cm³/mol. The number of methoxy groups -OCH3 is 1. The number of ether oxygens (including phenoxy) is 1. The average molecular weight is 188 g/mol. The smallest absolute Gasteiger partial charge is 0.305 e. The molecule has 0 aromatic carbocycles. The second-order valence-electron chi connectivity index (χ2n) is 2.88. The van der Waals surface area contributed by atoms with Crippen LogP contribution in [0.2, 0.25) is 0 Å². The van der Waals surface area contributed by atoms with E-state index in [1.807, 2.05) is 0 Å². The van der Waals surface area contributed by atoms with Crippen molar-refractivity contribution < 1.29 is 19.4 Å². The van der Waals surface area contributed by atoms with E-state index in [0.717, 1.165) is 19.3 Å². The van der Waals surface area contributed by atoms with Crippen LogP contribution in [0.4, 0.5) is 0 Å². The largest absolute Gasteiger partial charge is 0.469 e. The molecule has 0 heterocycles. The molecule has 0 aromatic heterocycles. The van der Waals surface area contributed by atoms with E-state index in [1.165, 1.54) is 7.11 Å². The summed E-state index contributed by atoms with van der Waals surface area (Å²) in [6.07, 6.45) is 2.91. The van der Waals surface area contributed by atoms with Crippen molar-refractivity contribution in [3.63, 3.8) is 0 Å². The van der Waals surface area contributed by atoms with Crippen LogP contribution in [-0.2, 0) is 14.3 Å². The Morgan fingerprint density at radius 2 is 2.15 bits per heavy atom. The Hall–Kier alpha value is -0.900. The number of aliphatic hydroxyl groups excluding tert-OH is 1. The van der Waals surface area contributed by atoms with E-state index >= 15 is 0 Å². The standard InChI is InChI=1S/C9H16O4/c1-13-9(12)6-4-2-3-5-8(11)7-10/h7-8,11H,2-6H2,1H3. The lowest BCUT2D eigenvalue weighted by atomic mass is 10.1. The lowest BCUT2D eigenvalue weighted by molar-refractivity contribution is -0.140. The summed E-state index contributed by atoms with van der Waals surface area (Å²) in [5.41, 5.74) is 0. The van der Waals surface area contributed by atoms with Crippen molar-refractivity contribution in [3.05, 3.63) is 0 Å². The molecular formula is C9H16O4. The van der Waals surface area contributed by atoms with Gasteiger partial charge in [-0.2, -0.15) is 0 Å². The molecule has 13 heavy (non-hydrogen) atoms. The zero-order valence-electron chi connectivity index (χ0n) is 7.86. The Morgan fingerprint density at radius 3 is 2.69 bits per heavy atom. The average Bonchev–Trinajstić information content (AvgIpc) is 2.16. The topological polar surface area (TPSA) is 63.6 Å². The molecule has 1 N–H and O–H groups in total. The number of rotatable bonds is 7. The quantitative estimate of drug-likeness (QED) is 0.362. The monoisotopic (exact) mass is 188 g/mol. The minimum Gasteiger partial charge on any atom is -0.469 e. The van der Waals surface area contributed by atoms with E-state index in [4.69, 9.17) is 5.11 Å². The predicted octanol–water partition coefficient (Wildman–Crippen LogP) is 0.670. The molecule has 0 aliphatic rings. The Balaban J connectivity index is 3.17. The highest BCUT2D eigenvalue weighted by atomic mass is 16.5. The summed E-state index contributed by atoms with van der Waals surface area (Å²) in [6, 6.07) is 0. The first-order chi connectivity index (χ1) is 6.20. The Bertz CT molecular complexity index is 156. The van der Waals surface area contributed by atoms with E-state index in [2.05, 4.69) is 4.74 Å². The van der Waals surface area contributed by atoms with Gasteiger partial charge in [-0.25, -0.2) is 0 Å². The van der Waals surface area contributed by atoms with E-state index in [-0.39, 0.29) is 5.97 Å². The number of hydrogen-bond donors (Lipinski definition) is 1. The number of carbonyl (C=O) groups is 2. The van der Waals surface area contributed by atoms with Gasteiger partial charge in [-0.3, -0.25) is 4.79 Å². The zero-order chi connectivity index (χ0) is 10.1. The first-order valence-corrected chi connectivity index (χ1v) is 4.41. The second kappa shape index (κ2) is 7.73. The summed E-state index contributed by atoms with van der Waals surface area (Å²) in [7, 11) is 1.36. The van der Waals surface area contributed by atoms with Crippen LogP contribution in [0.5, 0.6) is 0 Å². The molecule has 0 amide bonds. The van der Waals surface area contributed by atoms with Gasteiger partial charge in [-0.15, -0.1) is 0 Å². The Morgan fingerprint density at radius 1 is 1.46 bits per heavy atom. The van der Waals surface area contributed by atoms with Crippen molar-refractivity contribution >= 4 is 12.3 Å². The van der Waals surface area contributed by atoms with E-state index in [9.17, 15) is 9.59 Å². The van der Waals surface area contributed by atoms with Gasteiger partial charge in [-0.1, -0.05) is 12.8 Å². The van der Waals surface area contributed by atoms with E-state index in [1.54, 1.807) is 0 Å². The van der Waals surface area contributed by atoms with Crippen molar-refractivity contribution in [2.24, 2.45) is 0 Å². The van der Waals surface area contributed by atoms with E-state index < -0.39 is 6.10 Å². The maximum Gasteiger partial charge on any atom is 0.305 e. The zero-order valence-corrected chi connectivity index (χ0v) is 7.86. The lowest BCUT2D eigenvalue weighted by Gasteiger charge is -2.02. The number of carbonyl (C=O) groups excluding carboxylic acids is 2. The molecule has 76 valence electrons. The van der Waals surface area contributed by atoms with Crippen LogP contribution >= 0.6 is 0 Å². The van der Waals surface area contributed by atoms with Crippen LogP contribution in [0.25, 0.3) is 0 Å². The highest BCUT2D eigenvalue weighted by Gasteiger charge is 2.02. The molecule has 0 spiro atoms. The van der Waals surface area contributed by atoms with Gasteiger partial charge in [0.1, 0.15) is 12.4 Å². The third-order valence-electron chi connectivity index (χ3n) is 1.77. The van der Waals surface area contributed by atoms with Gasteiger partial charge >= 0.3 is 5.97 Å². The molecule has 0 saturated heterocycles. The number of unbranched alkanes of at least 4 members (excludes halogenated alkanes) is 2. The van der Waals surface area contributed by atoms with Gasteiger partial charge in [0.2, 0.25) is 0 Å². The fourth-order valence-electron chi connectivity index (χ4n) is 0.970. The maximum absolute atomic E-state index is 10.6. The SMILES string of the molecule is COC(=O)CCCCCC(O)C=O. The lowest BCUT2D eigenvalue weighted by Crippen LogP contribution is -2.07. The molecule has 1 atom stereocenters. The molecule has 1 unspecified atom stereocenters. The van der Waals surface area contributed by atoms with Gasteiger partial charge in [0.25, 0.3) is 0 Å². The highest BCUT2D eigenvalue weighted by Crippen LogP contribution is 2.05. The van der Waals surface area contributed by atoms with Gasteiger partial charge in [-0.05, 0) is 12.8 Å². The van der Waals surface area contributed by atoms with Crippen molar-refractivity contribution in [1.29, 1.82) is 0 Å². The molecule has 0 radical (unpaired) electrons. The molecule has 0 bridgehead atoms. The third-order valence-corrected chi connectivity index (χ3v) is 1.77. The van der Waals surface area contributed by atoms with Crippen molar-refractivity contribution in [2.45, 2.75) is 38.2 Å². The van der Waals surface area contributed by atoms with Crippen LogP contribution in [0.1, 0.15) is 32.1 Å². The summed E-state index contributed by atoms with van der Waals surface area (Å²) < 4.78 is 4.45. The normalized spacial score (nSPS) is 12.2. The molecule has 4 nitrogen and oxygen atoms in total. The number of aliphatic hydroxyl groups is 1. The van der Waals surface area contributed by atoms with Crippen molar-refractivity contribution in [3.8, 4) is 0 Å². The molecule has 0 fully saturated rings. The van der Waals surface area contributed by atoms with Crippen LogP contribution < -0.4 is 0 Å². The summed E-state index contributed by atoms with van der Waals surface area (Å²) in [4.78, 5) is 20.6. The molecule has 0 aliphatic heterocycles. The van der Waals surface area contributed by atoms with Crippen molar-refractivity contribution in [2.75, 3.05) is 7.11 Å². The van der Waals surface area contributed by atoms with Crippen LogP contribution in [0.15, 0.2) is 0 Å². The fourth-order valence-corrected chi connectivity index (χ4v) is 0.970. The van der Waals surface area contributed by atoms with Crippen molar-refractivity contribution in [1.82, 2.24) is 0 Å². The second-order valence-corrected chi connectivity index (χ2v) is 2.88. The fraction of sp³-hybridized carbons (Fsp3) is 0.778. The number of esters is 1. The summed E-state index contributed by atoms with van der Waals surface area (Å²) in [5.74, 6) is -0.212. The van der Waals surface area contributed by atoms with Gasteiger partial charge in [0.05, 0.1) is 7.11 Å². The number of aldehydes is 1. The maximum atomic E-state index is 10.6. The molecule has 0 rings (SSSR count). The van der Waals surface area contributed by atoms with Crippen LogP contribution in [0, 0.1) is 0 Å². The molecular weight excluding hydrogens is 172 g/mol. The molecule has 0 aliphatic carbocycles. The first kappa shape index (κ1) is 12.1. The summed E-state index contributed by atoms with van der Waals surface area (Å²) >= 11 is 0. The number of hydrogen-bond acceptors (Lipinski definition) is 4. The highest BCUT2D eigenvalue weighted by molar-refractivity contribution is 5.68. The molecule has 0 saturated carbocycles. The first-order valence-electron chi connectivity index (χ1n) is 4.41. The Kier molecular flexibility index (Phi) is 7.20. The molecule has 0 aromatic rings. The van der Waals surface area contributed by atoms with Gasteiger partial charge < -0.3 is 14.6 Å². The minimum atomic E-state index is -0.849. The van der Waals surface area contributed by atoms with Gasteiger partial charge in [0, 0.05) is 6.42 Å². The van der Waals surface area contributed by atoms with E-state index in [0.29, 0.717) is 19.1 Å². The summed E-state index contributed by atoms with van der Waals surface area (Å²) in [6.45, 7) is 0. The Labute approximate surface area is 77.9 Å². The summed E-state index contributed by atoms with van der Waals surface area (Å²) in [5, 5.41) is 8.85. The van der Waals surface area contributed by atoms with Crippen LogP contribution in [-0.4, -0.2) is 30.6 Å². The van der Waals surface area contributed by atoms with Gasteiger partial charge in [0.15, 0.2) is 0 Å².